The van der Waals surface area contributed by atoms with Crippen molar-refractivity contribution in [2.24, 2.45) is 0 Å². The number of sulfonamides is 1. The second-order valence-corrected chi connectivity index (χ2v) is 8.65. The molecule has 1 heterocycles. The first kappa shape index (κ1) is 18.5. The fourth-order valence-corrected chi connectivity index (χ4v) is 4.20. The molecule has 0 atom stereocenters. The molecule has 0 unspecified atom stereocenters. The zero-order chi connectivity index (χ0) is 18.7. The van der Waals surface area contributed by atoms with Crippen LogP contribution in [-0.2, 0) is 10.0 Å². The zero-order valence-corrected chi connectivity index (χ0v) is 16.5. The fraction of sp³-hybridized carbons (Fsp3) is 0.211. The van der Waals surface area contributed by atoms with Crippen molar-refractivity contribution in [1.82, 2.24) is 9.78 Å². The summed E-state index contributed by atoms with van der Waals surface area (Å²) in [5.74, 6) is 0. The summed E-state index contributed by atoms with van der Waals surface area (Å²) in [4.78, 5) is 1.17. The molecule has 7 heteroatoms. The molecule has 0 aliphatic carbocycles. The number of nitrogens with zero attached hydrogens (tertiary/aromatic N) is 2. The van der Waals surface area contributed by atoms with Crippen LogP contribution in [0.1, 0.15) is 19.9 Å². The molecule has 3 aromatic rings. The molecule has 0 saturated carbocycles. The topological polar surface area (TPSA) is 64.0 Å². The van der Waals surface area contributed by atoms with Crippen molar-refractivity contribution in [3.05, 3.63) is 60.8 Å². The molecule has 26 heavy (non-hydrogen) atoms. The Morgan fingerprint density at radius 3 is 2.46 bits per heavy atom. The molecule has 5 nitrogen and oxygen atoms in total. The Bertz CT molecular complexity index is 997. The van der Waals surface area contributed by atoms with Gasteiger partial charge in [-0.2, -0.15) is 5.10 Å². The van der Waals surface area contributed by atoms with Crippen molar-refractivity contribution in [2.45, 2.75) is 29.7 Å². The maximum absolute atomic E-state index is 13.1. The van der Waals surface area contributed by atoms with Crippen LogP contribution in [0.5, 0.6) is 0 Å². The van der Waals surface area contributed by atoms with Gasteiger partial charge in [-0.15, -0.1) is 11.8 Å². The van der Waals surface area contributed by atoms with Crippen molar-refractivity contribution in [3.63, 3.8) is 0 Å². The number of rotatable bonds is 6. The van der Waals surface area contributed by atoms with E-state index in [0.717, 1.165) is 10.5 Å². The number of nitrogens with one attached hydrogen (secondary N) is 1. The van der Waals surface area contributed by atoms with E-state index in [1.807, 2.05) is 68.6 Å². The molecule has 0 spiro atoms. The lowest BCUT2D eigenvalue weighted by Gasteiger charge is -2.09. The van der Waals surface area contributed by atoms with Crippen LogP contribution in [0, 0.1) is 0 Å². The Kier molecular flexibility index (Phi) is 5.38. The normalized spacial score (nSPS) is 11.7. The van der Waals surface area contributed by atoms with Crippen LogP contribution in [-0.4, -0.2) is 24.5 Å². The summed E-state index contributed by atoms with van der Waals surface area (Å²) in [6.45, 7) is 3.93. The largest absolute Gasteiger partial charge is 0.279 e. The Labute approximate surface area is 158 Å². The molecule has 3 rings (SSSR count). The lowest BCUT2D eigenvalue weighted by atomic mass is 10.2. The predicted molar refractivity (Wildman–Crippen MR) is 107 cm³/mol. The van der Waals surface area contributed by atoms with Gasteiger partial charge in [0.1, 0.15) is 10.6 Å². The highest BCUT2D eigenvalue weighted by Crippen LogP contribution is 2.29. The van der Waals surface area contributed by atoms with Crippen molar-refractivity contribution < 1.29 is 8.42 Å². The molecule has 0 amide bonds. The third kappa shape index (κ3) is 3.94. The summed E-state index contributed by atoms with van der Waals surface area (Å²) in [6, 6.07) is 16.7. The molecule has 0 bridgehead atoms. The minimum absolute atomic E-state index is 0.0567. The zero-order valence-electron chi connectivity index (χ0n) is 14.9. The number of hydrogen-bond donors (Lipinski definition) is 1. The molecular formula is C19H21N3O2S2. The van der Waals surface area contributed by atoms with E-state index in [-0.39, 0.29) is 10.9 Å². The van der Waals surface area contributed by atoms with Crippen LogP contribution in [0.15, 0.2) is 70.6 Å². The van der Waals surface area contributed by atoms with Gasteiger partial charge in [0.2, 0.25) is 0 Å². The molecule has 0 saturated heterocycles. The third-order valence-corrected chi connectivity index (χ3v) is 5.99. The predicted octanol–water partition coefficient (Wildman–Crippen LogP) is 4.65. The van der Waals surface area contributed by atoms with E-state index < -0.39 is 10.0 Å². The Morgan fingerprint density at radius 1 is 1.08 bits per heavy atom. The number of thioether (sulfide) groups is 1. The van der Waals surface area contributed by atoms with Crippen molar-refractivity contribution in [1.29, 1.82) is 0 Å². The first-order valence-corrected chi connectivity index (χ1v) is 10.9. The number of benzene rings is 2. The molecular weight excluding hydrogens is 366 g/mol. The first-order chi connectivity index (χ1) is 12.4. The van der Waals surface area contributed by atoms with E-state index in [4.69, 9.17) is 0 Å². The van der Waals surface area contributed by atoms with Crippen LogP contribution < -0.4 is 4.72 Å². The molecule has 0 aliphatic heterocycles. The summed E-state index contributed by atoms with van der Waals surface area (Å²) in [7, 11) is -3.77. The number of hydrogen-bond acceptors (Lipinski definition) is 4. The minimum atomic E-state index is -3.77. The number of aromatic nitrogens is 2. The average Bonchev–Trinajstić information content (AvgIpc) is 3.09. The monoisotopic (exact) mass is 387 g/mol. The molecule has 0 fully saturated rings. The highest BCUT2D eigenvalue weighted by molar-refractivity contribution is 7.98. The van der Waals surface area contributed by atoms with Gasteiger partial charge in [-0.05, 0) is 38.3 Å². The van der Waals surface area contributed by atoms with E-state index >= 15 is 0 Å². The van der Waals surface area contributed by atoms with Crippen LogP contribution in [0.2, 0.25) is 0 Å². The van der Waals surface area contributed by atoms with Gasteiger partial charge in [0.15, 0.2) is 0 Å². The summed E-state index contributed by atoms with van der Waals surface area (Å²) >= 11 is 1.56. The van der Waals surface area contributed by atoms with E-state index in [1.54, 1.807) is 28.7 Å². The lowest BCUT2D eigenvalue weighted by Crippen LogP contribution is -2.13. The van der Waals surface area contributed by atoms with Crippen LogP contribution in [0.4, 0.5) is 5.69 Å². The van der Waals surface area contributed by atoms with E-state index in [0.29, 0.717) is 11.4 Å². The van der Waals surface area contributed by atoms with Gasteiger partial charge in [0, 0.05) is 28.4 Å². The molecule has 1 N–H and O–H groups in total. The molecule has 1 aromatic heterocycles. The van der Waals surface area contributed by atoms with Gasteiger partial charge in [-0.25, -0.2) is 8.42 Å². The standard InChI is InChI=1S/C19H21N3O2S2/c1-14(2)22-13-18(19(20-22)15-8-5-4-6-9-15)26(23,24)21-16-10-7-11-17(12-16)25-3/h4-14,21H,1-3H3. The second kappa shape index (κ2) is 7.55. The Hall–Kier alpha value is -2.25. The average molecular weight is 388 g/mol. The second-order valence-electron chi connectivity index (χ2n) is 6.12. The maximum Gasteiger partial charge on any atom is 0.265 e. The van der Waals surface area contributed by atoms with E-state index in [1.165, 1.54) is 0 Å². The first-order valence-electron chi connectivity index (χ1n) is 8.22. The summed E-state index contributed by atoms with van der Waals surface area (Å²) in [5.41, 5.74) is 1.76. The van der Waals surface area contributed by atoms with Gasteiger partial charge in [-0.3, -0.25) is 9.40 Å². The fourth-order valence-electron chi connectivity index (χ4n) is 2.53. The van der Waals surface area contributed by atoms with E-state index in [9.17, 15) is 8.42 Å². The molecule has 0 radical (unpaired) electrons. The van der Waals surface area contributed by atoms with Gasteiger partial charge in [0.05, 0.1) is 0 Å². The van der Waals surface area contributed by atoms with Crippen LogP contribution in [0.25, 0.3) is 11.3 Å². The minimum Gasteiger partial charge on any atom is -0.279 e. The summed E-state index contributed by atoms with van der Waals surface area (Å²) in [5, 5.41) is 4.51. The van der Waals surface area contributed by atoms with Crippen molar-refractivity contribution in [2.75, 3.05) is 11.0 Å². The number of anilines is 1. The maximum atomic E-state index is 13.1. The quantitative estimate of drug-likeness (QED) is 0.625. The SMILES string of the molecule is CSc1cccc(NS(=O)(=O)c2cn(C(C)C)nc2-c2ccccc2)c1. The Morgan fingerprint density at radius 2 is 1.81 bits per heavy atom. The van der Waals surface area contributed by atoms with Crippen LogP contribution >= 0.6 is 11.8 Å². The van der Waals surface area contributed by atoms with Gasteiger partial charge in [-0.1, -0.05) is 36.4 Å². The smallest absolute Gasteiger partial charge is 0.265 e. The van der Waals surface area contributed by atoms with Gasteiger partial charge in [0.25, 0.3) is 10.0 Å². The van der Waals surface area contributed by atoms with Gasteiger partial charge < -0.3 is 0 Å². The van der Waals surface area contributed by atoms with Crippen molar-refractivity contribution in [3.8, 4) is 11.3 Å². The molecule has 2 aromatic carbocycles. The highest BCUT2D eigenvalue weighted by atomic mass is 32.2. The molecule has 0 aliphatic rings. The third-order valence-electron chi connectivity index (χ3n) is 3.89. The highest BCUT2D eigenvalue weighted by Gasteiger charge is 2.24. The van der Waals surface area contributed by atoms with Gasteiger partial charge >= 0.3 is 0 Å². The summed E-state index contributed by atoms with van der Waals surface area (Å²) in [6.07, 6.45) is 3.54. The Balaban J connectivity index is 2.06. The van der Waals surface area contributed by atoms with Crippen LogP contribution in [0.3, 0.4) is 0 Å². The lowest BCUT2D eigenvalue weighted by molar-refractivity contribution is 0.532. The summed E-state index contributed by atoms with van der Waals surface area (Å²) < 4.78 is 30.5. The van der Waals surface area contributed by atoms with Crippen molar-refractivity contribution >= 4 is 27.5 Å². The molecule has 136 valence electrons. The van der Waals surface area contributed by atoms with E-state index in [2.05, 4.69) is 9.82 Å².